The lowest BCUT2D eigenvalue weighted by Crippen LogP contribution is -2.48. The molecule has 0 atom stereocenters. The number of ether oxygens (including phenoxy) is 1. The number of fused-ring (bicyclic) bond motifs is 1. The third-order valence-electron chi connectivity index (χ3n) is 5.85. The van der Waals surface area contributed by atoms with Crippen LogP contribution >= 0.6 is 0 Å². The Balaban J connectivity index is 1.82. The second kappa shape index (κ2) is 9.82. The van der Waals surface area contributed by atoms with Crippen molar-refractivity contribution in [3.05, 3.63) is 34.2 Å². The Morgan fingerprint density at radius 1 is 1.15 bits per heavy atom. The second-order valence-electron chi connectivity index (χ2n) is 8.04. The number of hydrogen-bond donors (Lipinski definition) is 1. The minimum atomic E-state index is -3.76. The van der Waals surface area contributed by atoms with Crippen LogP contribution in [0.2, 0.25) is 0 Å². The highest BCUT2D eigenvalue weighted by atomic mass is 32.2. The largest absolute Gasteiger partial charge is 0.493 e. The Bertz CT molecular complexity index is 1340. The van der Waals surface area contributed by atoms with Crippen LogP contribution in [0.15, 0.2) is 27.9 Å². The van der Waals surface area contributed by atoms with Crippen LogP contribution in [0.3, 0.4) is 0 Å². The SMILES string of the molecule is CCCc1nn(C)c2c(=O)[nH]c(-c3cc(S(=O)(=O)N4CCN(OC)CC4)ccc3OCC)nc12. The number of hydrogen-bond acceptors (Lipinski definition) is 8. The van der Waals surface area contributed by atoms with Gasteiger partial charge in [-0.15, -0.1) is 0 Å². The van der Waals surface area contributed by atoms with E-state index in [1.54, 1.807) is 25.3 Å². The molecule has 1 saturated heterocycles. The Morgan fingerprint density at radius 2 is 1.88 bits per heavy atom. The summed E-state index contributed by atoms with van der Waals surface area (Å²) in [6.07, 6.45) is 1.53. The number of aromatic amines is 1. The molecule has 34 heavy (non-hydrogen) atoms. The first-order valence-corrected chi connectivity index (χ1v) is 12.8. The summed E-state index contributed by atoms with van der Waals surface area (Å²) >= 11 is 0. The van der Waals surface area contributed by atoms with Gasteiger partial charge in [0, 0.05) is 33.2 Å². The van der Waals surface area contributed by atoms with Crippen LogP contribution in [-0.2, 0) is 28.3 Å². The minimum absolute atomic E-state index is 0.111. The van der Waals surface area contributed by atoms with Gasteiger partial charge < -0.3 is 14.6 Å². The average molecular weight is 491 g/mol. The lowest BCUT2D eigenvalue weighted by Gasteiger charge is -2.32. The molecule has 1 fully saturated rings. The number of H-pyrrole nitrogens is 1. The Labute approximate surface area is 198 Å². The first kappa shape index (κ1) is 24.3. The highest BCUT2D eigenvalue weighted by Crippen LogP contribution is 2.32. The molecule has 0 unspecified atom stereocenters. The molecule has 4 rings (SSSR count). The number of aryl methyl sites for hydroxylation is 2. The van der Waals surface area contributed by atoms with Gasteiger partial charge in [0.05, 0.1) is 29.9 Å². The molecule has 0 spiro atoms. The minimum Gasteiger partial charge on any atom is -0.493 e. The standard InChI is InChI=1S/C22H30N6O5S/c1-5-7-17-19-20(26(3)25-17)22(29)24-21(23-19)16-14-15(8-9-18(16)33-6-2)34(30,31)28-12-10-27(32-4)11-13-28/h8-9,14H,5-7,10-13H2,1-4H3,(H,23,24,29). The zero-order valence-electron chi connectivity index (χ0n) is 19.9. The Hall–Kier alpha value is -2.80. The number of benzene rings is 1. The van der Waals surface area contributed by atoms with Crippen LogP contribution < -0.4 is 10.3 Å². The molecule has 0 bridgehead atoms. The second-order valence-corrected chi connectivity index (χ2v) is 9.98. The molecule has 0 amide bonds. The van der Waals surface area contributed by atoms with E-state index < -0.39 is 10.0 Å². The van der Waals surface area contributed by atoms with Gasteiger partial charge in [0.25, 0.3) is 5.56 Å². The molecule has 11 nitrogen and oxygen atoms in total. The molecule has 184 valence electrons. The zero-order valence-corrected chi connectivity index (χ0v) is 20.7. The van der Waals surface area contributed by atoms with E-state index in [1.807, 2.05) is 13.8 Å². The summed E-state index contributed by atoms with van der Waals surface area (Å²) in [5.74, 6) is 0.682. The van der Waals surface area contributed by atoms with Crippen molar-refractivity contribution in [2.45, 2.75) is 31.6 Å². The van der Waals surface area contributed by atoms with Gasteiger partial charge in [0.15, 0.2) is 5.52 Å². The quantitative estimate of drug-likeness (QED) is 0.505. The fraction of sp³-hybridized carbons (Fsp3) is 0.500. The molecule has 1 aromatic carbocycles. The van der Waals surface area contributed by atoms with Crippen molar-refractivity contribution in [1.29, 1.82) is 0 Å². The summed E-state index contributed by atoms with van der Waals surface area (Å²) in [5.41, 5.74) is 1.68. The fourth-order valence-corrected chi connectivity index (χ4v) is 5.61. The average Bonchev–Trinajstić information content (AvgIpc) is 3.15. The Morgan fingerprint density at radius 3 is 2.53 bits per heavy atom. The maximum absolute atomic E-state index is 13.4. The molecule has 2 aromatic heterocycles. The number of sulfonamides is 1. The molecule has 0 aliphatic carbocycles. The summed E-state index contributed by atoms with van der Waals surface area (Å²) in [6, 6.07) is 4.65. The van der Waals surface area contributed by atoms with E-state index in [0.29, 0.717) is 61.6 Å². The van der Waals surface area contributed by atoms with Crippen LogP contribution in [-0.4, -0.2) is 77.4 Å². The summed E-state index contributed by atoms with van der Waals surface area (Å²) in [5, 5.41) is 6.17. The predicted molar refractivity (Wildman–Crippen MR) is 127 cm³/mol. The van der Waals surface area contributed by atoms with Gasteiger partial charge in [-0.1, -0.05) is 13.3 Å². The molecule has 1 N–H and O–H groups in total. The summed E-state index contributed by atoms with van der Waals surface area (Å²) in [7, 11) is -0.482. The topological polar surface area (TPSA) is 123 Å². The van der Waals surface area contributed by atoms with Crippen molar-refractivity contribution in [1.82, 2.24) is 29.1 Å². The molecular formula is C22H30N6O5S. The van der Waals surface area contributed by atoms with Gasteiger partial charge in [0.1, 0.15) is 17.1 Å². The van der Waals surface area contributed by atoms with Crippen molar-refractivity contribution >= 4 is 21.1 Å². The van der Waals surface area contributed by atoms with Crippen LogP contribution in [0.1, 0.15) is 26.0 Å². The van der Waals surface area contributed by atoms with E-state index >= 15 is 0 Å². The fourth-order valence-electron chi connectivity index (χ4n) is 4.16. The number of rotatable bonds is 8. The normalized spacial score (nSPS) is 15.8. The first-order chi connectivity index (χ1) is 16.3. The number of piperazine rings is 1. The number of hydroxylamine groups is 2. The summed E-state index contributed by atoms with van der Waals surface area (Å²) in [4.78, 5) is 25.7. The number of aromatic nitrogens is 4. The predicted octanol–water partition coefficient (Wildman–Crippen LogP) is 1.54. The van der Waals surface area contributed by atoms with Crippen LogP contribution in [0.25, 0.3) is 22.4 Å². The van der Waals surface area contributed by atoms with Crippen molar-refractivity contribution in [2.75, 3.05) is 39.9 Å². The molecule has 0 saturated carbocycles. The maximum atomic E-state index is 13.4. The summed E-state index contributed by atoms with van der Waals surface area (Å²) in [6.45, 7) is 5.83. The number of nitrogens with one attached hydrogen (secondary N) is 1. The summed E-state index contributed by atoms with van der Waals surface area (Å²) < 4.78 is 35.5. The van der Waals surface area contributed by atoms with E-state index in [1.165, 1.54) is 21.1 Å². The highest BCUT2D eigenvalue weighted by molar-refractivity contribution is 7.89. The first-order valence-electron chi connectivity index (χ1n) is 11.3. The molecule has 3 aromatic rings. The van der Waals surface area contributed by atoms with Crippen LogP contribution in [0.5, 0.6) is 5.75 Å². The van der Waals surface area contributed by atoms with E-state index in [0.717, 1.165) is 12.1 Å². The van der Waals surface area contributed by atoms with Crippen molar-refractivity contribution in [3.8, 4) is 17.1 Å². The molecular weight excluding hydrogens is 460 g/mol. The highest BCUT2D eigenvalue weighted by Gasteiger charge is 2.30. The van der Waals surface area contributed by atoms with E-state index in [2.05, 4.69) is 10.1 Å². The lowest BCUT2D eigenvalue weighted by atomic mass is 10.1. The van der Waals surface area contributed by atoms with Crippen molar-refractivity contribution in [3.63, 3.8) is 0 Å². The van der Waals surface area contributed by atoms with Crippen molar-refractivity contribution < 1.29 is 18.0 Å². The van der Waals surface area contributed by atoms with Gasteiger partial charge in [-0.3, -0.25) is 9.48 Å². The van der Waals surface area contributed by atoms with Crippen LogP contribution in [0.4, 0.5) is 0 Å². The van der Waals surface area contributed by atoms with Gasteiger partial charge in [-0.25, -0.2) is 13.4 Å². The molecule has 12 heteroatoms. The van der Waals surface area contributed by atoms with Gasteiger partial charge in [-0.2, -0.15) is 14.5 Å². The Kier molecular flexibility index (Phi) is 7.03. The third-order valence-corrected chi connectivity index (χ3v) is 7.74. The number of nitrogens with zero attached hydrogens (tertiary/aromatic N) is 5. The van der Waals surface area contributed by atoms with E-state index in [9.17, 15) is 13.2 Å². The van der Waals surface area contributed by atoms with Gasteiger partial charge in [-0.05, 0) is 31.5 Å². The zero-order chi connectivity index (χ0) is 24.5. The monoisotopic (exact) mass is 490 g/mol. The maximum Gasteiger partial charge on any atom is 0.277 e. The van der Waals surface area contributed by atoms with E-state index in [4.69, 9.17) is 14.6 Å². The van der Waals surface area contributed by atoms with Crippen LogP contribution in [0, 0.1) is 0 Å². The van der Waals surface area contributed by atoms with E-state index in [-0.39, 0.29) is 16.3 Å². The lowest BCUT2D eigenvalue weighted by molar-refractivity contribution is -0.144. The third kappa shape index (κ3) is 4.45. The smallest absolute Gasteiger partial charge is 0.277 e. The van der Waals surface area contributed by atoms with Crippen molar-refractivity contribution in [2.24, 2.45) is 7.05 Å². The molecule has 1 aliphatic rings. The molecule has 0 radical (unpaired) electrons. The molecule has 1 aliphatic heterocycles. The van der Waals surface area contributed by atoms with Gasteiger partial charge in [0.2, 0.25) is 10.0 Å². The molecule has 3 heterocycles. The van der Waals surface area contributed by atoms with Gasteiger partial charge >= 0.3 is 0 Å².